The number of benzene rings is 1. The Morgan fingerprint density at radius 1 is 1.19 bits per heavy atom. The molecule has 31 heavy (non-hydrogen) atoms. The molecule has 1 aliphatic heterocycles. The van der Waals surface area contributed by atoms with E-state index in [9.17, 15) is 14.4 Å². The number of hydrogen-bond acceptors (Lipinski definition) is 4. The molecule has 0 saturated heterocycles. The van der Waals surface area contributed by atoms with Gasteiger partial charge in [-0.25, -0.2) is 4.39 Å². The van der Waals surface area contributed by atoms with Gasteiger partial charge in [0, 0.05) is 35.8 Å². The maximum Gasteiger partial charge on any atom is 0.161 e. The monoisotopic (exact) mass is 449 g/mol. The Kier molecular flexibility index (Phi) is 5.01. The van der Waals surface area contributed by atoms with Gasteiger partial charge >= 0.3 is 0 Å². The van der Waals surface area contributed by atoms with Gasteiger partial charge in [-0.1, -0.05) is 11.6 Å². The lowest BCUT2D eigenvalue weighted by Gasteiger charge is -2.41. The predicted molar refractivity (Wildman–Crippen MR) is 120 cm³/mol. The summed E-state index contributed by atoms with van der Waals surface area (Å²) < 4.78 is 15.8. The molecular formula is C24H17ClFN3OS. The van der Waals surface area contributed by atoms with Gasteiger partial charge in [0.25, 0.3) is 0 Å². The van der Waals surface area contributed by atoms with Crippen molar-refractivity contribution in [1.82, 2.24) is 4.57 Å². The van der Waals surface area contributed by atoms with Crippen LogP contribution in [0.4, 0.5) is 10.1 Å². The number of carbonyl (C=O) groups is 1. The molecule has 1 atom stereocenters. The first kappa shape index (κ1) is 19.8. The summed E-state index contributed by atoms with van der Waals surface area (Å²) in [7, 11) is 0. The molecule has 2 aliphatic rings. The van der Waals surface area contributed by atoms with Gasteiger partial charge in [-0.2, -0.15) is 16.6 Å². The normalized spacial score (nSPS) is 18.9. The highest BCUT2D eigenvalue weighted by atomic mass is 35.5. The highest BCUT2D eigenvalue weighted by Gasteiger charge is 2.41. The number of thiophene rings is 1. The Balaban J connectivity index is 1.85. The maximum atomic E-state index is 13.9. The largest absolute Gasteiger partial charge is 0.309 e. The quantitative estimate of drug-likeness (QED) is 0.468. The molecule has 154 valence electrons. The minimum atomic E-state index is -0.514. The minimum absolute atomic E-state index is 0.00731. The summed E-state index contributed by atoms with van der Waals surface area (Å²) in [6.45, 7) is 0. The maximum absolute atomic E-state index is 13.9. The second kappa shape index (κ2) is 7.84. The first-order valence-electron chi connectivity index (χ1n) is 9.91. The Labute approximate surface area is 188 Å². The summed E-state index contributed by atoms with van der Waals surface area (Å²) >= 11 is 7.66. The van der Waals surface area contributed by atoms with Crippen molar-refractivity contribution in [3.8, 4) is 6.07 Å². The van der Waals surface area contributed by atoms with Gasteiger partial charge in [-0.05, 0) is 65.6 Å². The van der Waals surface area contributed by atoms with Gasteiger partial charge in [-0.3, -0.25) is 9.69 Å². The number of allylic oxidation sites excluding steroid dienone is 3. The highest BCUT2D eigenvalue weighted by molar-refractivity contribution is 7.08. The van der Waals surface area contributed by atoms with Gasteiger partial charge in [0.2, 0.25) is 0 Å². The number of Topliss-reactive ketones (excluding diaryl/α,β-unsaturated/α-hetero) is 1. The molecule has 0 amide bonds. The topological polar surface area (TPSA) is 49.0 Å². The van der Waals surface area contributed by atoms with Crippen LogP contribution in [-0.2, 0) is 4.79 Å². The molecule has 1 aliphatic carbocycles. The summed E-state index contributed by atoms with van der Waals surface area (Å²) in [4.78, 5) is 15.1. The third kappa shape index (κ3) is 3.21. The Morgan fingerprint density at radius 3 is 2.68 bits per heavy atom. The summed E-state index contributed by atoms with van der Waals surface area (Å²) in [6, 6.07) is 12.6. The molecule has 4 nitrogen and oxygen atoms in total. The number of hydrogen-bond donors (Lipinski definition) is 0. The number of aromatic nitrogens is 1. The molecular weight excluding hydrogens is 433 g/mol. The van der Waals surface area contributed by atoms with Crippen molar-refractivity contribution in [3.05, 3.63) is 92.8 Å². The van der Waals surface area contributed by atoms with Crippen LogP contribution in [0.1, 0.15) is 30.7 Å². The average Bonchev–Trinajstić information content (AvgIpc) is 3.49. The van der Waals surface area contributed by atoms with E-state index in [-0.39, 0.29) is 10.8 Å². The van der Waals surface area contributed by atoms with E-state index >= 15 is 0 Å². The second-order valence-electron chi connectivity index (χ2n) is 7.50. The van der Waals surface area contributed by atoms with Gasteiger partial charge in [0.05, 0.1) is 22.6 Å². The van der Waals surface area contributed by atoms with Gasteiger partial charge in [-0.15, -0.1) is 0 Å². The zero-order chi connectivity index (χ0) is 21.5. The molecule has 0 unspecified atom stereocenters. The lowest BCUT2D eigenvalue weighted by atomic mass is 9.76. The summed E-state index contributed by atoms with van der Waals surface area (Å²) in [5, 5.41) is 14.2. The fourth-order valence-corrected chi connectivity index (χ4v) is 5.31. The number of carbonyl (C=O) groups excluding carboxylic acids is 1. The molecule has 7 heteroatoms. The van der Waals surface area contributed by atoms with Crippen LogP contribution >= 0.6 is 22.9 Å². The second-order valence-corrected chi connectivity index (χ2v) is 8.69. The lowest BCUT2D eigenvalue weighted by molar-refractivity contribution is -0.116. The number of rotatable bonds is 3. The first-order valence-corrected chi connectivity index (χ1v) is 11.2. The molecule has 2 aromatic heterocycles. The standard InChI is InChI=1S/C24H17ClFN3OS/c25-18-12-16(6-7-19(18)26)29-20-4-3-5-21(30)23(20)22(15-8-11-31-14-15)17(13-27)24(29)28-9-1-2-10-28/h1-2,6-12,14,22H,3-5H2/t22-/m1/s1. The molecule has 0 N–H and O–H groups in total. The van der Waals surface area contributed by atoms with Gasteiger partial charge in [0.1, 0.15) is 11.6 Å². The molecule has 0 radical (unpaired) electrons. The van der Waals surface area contributed by atoms with Crippen LogP contribution in [0.5, 0.6) is 0 Å². The predicted octanol–water partition coefficient (Wildman–Crippen LogP) is 6.35. The van der Waals surface area contributed by atoms with E-state index < -0.39 is 11.7 Å². The molecule has 3 aromatic rings. The van der Waals surface area contributed by atoms with E-state index in [4.69, 9.17) is 11.6 Å². The SMILES string of the molecule is N#CC1=C(n2cccc2)N(c2ccc(F)c(Cl)c2)C2=C(C(=O)CCC2)[C@@H]1c1ccsc1. The molecule has 1 aromatic carbocycles. The molecule has 0 saturated carbocycles. The summed E-state index contributed by atoms with van der Waals surface area (Å²) in [5.74, 6) is -0.252. The van der Waals surface area contributed by atoms with Crippen molar-refractivity contribution in [1.29, 1.82) is 5.26 Å². The van der Waals surface area contributed by atoms with E-state index in [0.717, 1.165) is 17.7 Å². The third-order valence-corrected chi connectivity index (χ3v) is 6.73. The van der Waals surface area contributed by atoms with Crippen molar-refractivity contribution in [3.63, 3.8) is 0 Å². The van der Waals surface area contributed by atoms with Crippen LogP contribution in [0.2, 0.25) is 5.02 Å². The van der Waals surface area contributed by atoms with Crippen LogP contribution in [0.15, 0.2) is 76.4 Å². The van der Waals surface area contributed by atoms with Crippen molar-refractivity contribution in [2.75, 3.05) is 4.90 Å². The van der Waals surface area contributed by atoms with Gasteiger partial charge in [0.15, 0.2) is 5.78 Å². The molecule has 5 rings (SSSR count). The average molecular weight is 450 g/mol. The number of nitriles is 1. The number of anilines is 1. The highest BCUT2D eigenvalue weighted by Crippen LogP contribution is 2.49. The van der Waals surface area contributed by atoms with E-state index in [0.29, 0.717) is 35.5 Å². The van der Waals surface area contributed by atoms with E-state index in [1.54, 1.807) is 23.5 Å². The number of halogens is 2. The zero-order valence-electron chi connectivity index (χ0n) is 16.4. The summed E-state index contributed by atoms with van der Waals surface area (Å²) in [5.41, 5.74) is 3.53. The van der Waals surface area contributed by atoms with E-state index in [1.165, 1.54) is 6.07 Å². The van der Waals surface area contributed by atoms with Crippen molar-refractivity contribution < 1.29 is 9.18 Å². The minimum Gasteiger partial charge on any atom is -0.309 e. The van der Waals surface area contributed by atoms with Crippen LogP contribution < -0.4 is 4.90 Å². The van der Waals surface area contributed by atoms with Crippen molar-refractivity contribution in [2.24, 2.45) is 0 Å². The molecule has 0 fully saturated rings. The Bertz CT molecular complexity index is 1270. The van der Waals surface area contributed by atoms with Crippen LogP contribution in [-0.4, -0.2) is 10.4 Å². The smallest absolute Gasteiger partial charge is 0.161 e. The Hall–Kier alpha value is -3.14. The van der Waals surface area contributed by atoms with Crippen LogP contribution in [0, 0.1) is 17.1 Å². The van der Waals surface area contributed by atoms with Crippen molar-refractivity contribution in [2.45, 2.75) is 25.2 Å². The molecule has 0 bridgehead atoms. The van der Waals surface area contributed by atoms with E-state index in [1.807, 2.05) is 50.8 Å². The zero-order valence-corrected chi connectivity index (χ0v) is 18.0. The number of nitrogens with zero attached hydrogens (tertiary/aromatic N) is 3. The van der Waals surface area contributed by atoms with Crippen LogP contribution in [0.3, 0.4) is 0 Å². The first-order chi connectivity index (χ1) is 15.1. The molecule has 3 heterocycles. The lowest BCUT2D eigenvalue weighted by Crippen LogP contribution is -2.36. The van der Waals surface area contributed by atoms with E-state index in [2.05, 4.69) is 6.07 Å². The number of ketones is 1. The van der Waals surface area contributed by atoms with Crippen molar-refractivity contribution >= 4 is 40.2 Å². The third-order valence-electron chi connectivity index (χ3n) is 5.74. The Morgan fingerprint density at radius 2 is 2.00 bits per heavy atom. The fraction of sp³-hybridized carbons (Fsp3) is 0.167. The molecule has 0 spiro atoms. The summed E-state index contributed by atoms with van der Waals surface area (Å²) in [6.07, 6.45) is 5.59. The van der Waals surface area contributed by atoms with Gasteiger partial charge < -0.3 is 4.57 Å². The van der Waals surface area contributed by atoms with Crippen LogP contribution in [0.25, 0.3) is 5.82 Å². The fourth-order valence-electron chi connectivity index (χ4n) is 4.45.